The summed E-state index contributed by atoms with van der Waals surface area (Å²) in [6.07, 6.45) is 5.04. The minimum atomic E-state index is -0.0511. The van der Waals surface area contributed by atoms with Gasteiger partial charge in [0, 0.05) is 5.41 Å². The van der Waals surface area contributed by atoms with Crippen LogP contribution in [-0.2, 0) is 11.8 Å². The van der Waals surface area contributed by atoms with Crippen molar-refractivity contribution in [2.75, 3.05) is 0 Å². The third-order valence-corrected chi connectivity index (χ3v) is 8.49. The first-order chi connectivity index (χ1) is 18.0. The van der Waals surface area contributed by atoms with Crippen molar-refractivity contribution in [3.8, 4) is 33.4 Å². The summed E-state index contributed by atoms with van der Waals surface area (Å²) in [6, 6.07) is 36.7. The molecule has 1 aliphatic carbocycles. The maximum atomic E-state index is 2.43. The molecule has 1 aliphatic rings. The summed E-state index contributed by atoms with van der Waals surface area (Å²) >= 11 is 0. The highest BCUT2D eigenvalue weighted by molar-refractivity contribution is 6.04. The van der Waals surface area contributed by atoms with Gasteiger partial charge in [0.25, 0.3) is 0 Å². The standard InChI is InChI=1S/C37H36/c1-5-6-7-9-26-13-15-27(16-14-26)28-17-19-29(20-18-28)30-21-23-32-33-22-12-25(2)31-10-8-11-34(36(31)33)37(3,4)35(32)24-30/h8,10-24H,5-7,9H2,1-4H3. The molecule has 0 aliphatic heterocycles. The van der Waals surface area contributed by atoms with Crippen molar-refractivity contribution in [3.05, 3.63) is 119 Å². The topological polar surface area (TPSA) is 0 Å². The van der Waals surface area contributed by atoms with Gasteiger partial charge in [-0.1, -0.05) is 125 Å². The fraction of sp³-hybridized carbons (Fsp3) is 0.243. The Bertz CT molecular complexity index is 1580. The van der Waals surface area contributed by atoms with Crippen molar-refractivity contribution in [1.82, 2.24) is 0 Å². The zero-order valence-corrected chi connectivity index (χ0v) is 22.6. The summed E-state index contributed by atoms with van der Waals surface area (Å²) in [7, 11) is 0. The molecule has 5 aromatic carbocycles. The van der Waals surface area contributed by atoms with Gasteiger partial charge in [-0.2, -0.15) is 0 Å². The summed E-state index contributed by atoms with van der Waals surface area (Å²) in [5, 5.41) is 2.80. The second-order valence-electron chi connectivity index (χ2n) is 11.3. The molecule has 0 fully saturated rings. The molecule has 0 aromatic heterocycles. The van der Waals surface area contributed by atoms with E-state index in [-0.39, 0.29) is 5.41 Å². The highest BCUT2D eigenvalue weighted by atomic mass is 14.4. The number of benzene rings is 5. The van der Waals surface area contributed by atoms with E-state index in [1.54, 1.807) is 0 Å². The highest BCUT2D eigenvalue weighted by Gasteiger charge is 2.33. The zero-order chi connectivity index (χ0) is 25.6. The second-order valence-corrected chi connectivity index (χ2v) is 11.3. The number of hydrogen-bond donors (Lipinski definition) is 0. The molecule has 5 aromatic rings. The van der Waals surface area contributed by atoms with E-state index in [9.17, 15) is 0 Å². The van der Waals surface area contributed by atoms with Gasteiger partial charge in [0.15, 0.2) is 0 Å². The van der Waals surface area contributed by atoms with Crippen molar-refractivity contribution in [1.29, 1.82) is 0 Å². The molecule has 0 spiro atoms. The van der Waals surface area contributed by atoms with Gasteiger partial charge in [0.05, 0.1) is 0 Å². The molecule has 37 heavy (non-hydrogen) atoms. The highest BCUT2D eigenvalue weighted by Crippen LogP contribution is 2.49. The van der Waals surface area contributed by atoms with Gasteiger partial charge in [0.2, 0.25) is 0 Å². The Kier molecular flexibility index (Phi) is 6.00. The molecule has 0 saturated heterocycles. The fourth-order valence-electron chi connectivity index (χ4n) is 6.22. The monoisotopic (exact) mass is 480 g/mol. The lowest BCUT2D eigenvalue weighted by Gasteiger charge is -2.35. The fourth-order valence-corrected chi connectivity index (χ4v) is 6.22. The predicted octanol–water partition coefficient (Wildman–Crippen LogP) is 10.5. The van der Waals surface area contributed by atoms with Gasteiger partial charge in [0.1, 0.15) is 0 Å². The molecule has 0 amide bonds. The lowest BCUT2D eigenvalue weighted by molar-refractivity contribution is 0.645. The van der Waals surface area contributed by atoms with Crippen LogP contribution in [0.25, 0.3) is 44.2 Å². The molecule has 0 nitrogen and oxygen atoms in total. The molecular weight excluding hydrogens is 444 g/mol. The minimum absolute atomic E-state index is 0.0511. The maximum absolute atomic E-state index is 2.43. The second kappa shape index (κ2) is 9.34. The Morgan fingerprint density at radius 1 is 0.595 bits per heavy atom. The molecule has 0 bridgehead atoms. The van der Waals surface area contributed by atoms with E-state index in [2.05, 4.69) is 125 Å². The van der Waals surface area contributed by atoms with Crippen LogP contribution in [0, 0.1) is 6.92 Å². The first kappa shape index (κ1) is 23.7. The number of unbranched alkanes of at least 4 members (excludes halogenated alkanes) is 2. The molecule has 0 unspecified atom stereocenters. The predicted molar refractivity (Wildman–Crippen MR) is 160 cm³/mol. The van der Waals surface area contributed by atoms with E-state index >= 15 is 0 Å². The van der Waals surface area contributed by atoms with Crippen molar-refractivity contribution >= 4 is 10.8 Å². The Morgan fingerprint density at radius 3 is 1.92 bits per heavy atom. The Balaban J connectivity index is 1.33. The van der Waals surface area contributed by atoms with E-state index < -0.39 is 0 Å². The van der Waals surface area contributed by atoms with Crippen LogP contribution >= 0.6 is 0 Å². The Hall–Kier alpha value is -3.64. The normalized spacial score (nSPS) is 13.5. The molecule has 184 valence electrons. The van der Waals surface area contributed by atoms with Crippen LogP contribution in [0.5, 0.6) is 0 Å². The van der Waals surface area contributed by atoms with Crippen LogP contribution in [0.15, 0.2) is 97.1 Å². The van der Waals surface area contributed by atoms with Crippen LogP contribution in [-0.4, -0.2) is 0 Å². The first-order valence-corrected chi connectivity index (χ1v) is 13.8. The molecule has 0 saturated carbocycles. The van der Waals surface area contributed by atoms with E-state index in [4.69, 9.17) is 0 Å². The van der Waals surface area contributed by atoms with Crippen LogP contribution in [0.4, 0.5) is 0 Å². The van der Waals surface area contributed by atoms with Crippen LogP contribution in [0.3, 0.4) is 0 Å². The van der Waals surface area contributed by atoms with Gasteiger partial charge in [-0.25, -0.2) is 0 Å². The lowest BCUT2D eigenvalue weighted by Crippen LogP contribution is -2.23. The Labute approximate surface area is 222 Å². The van der Waals surface area contributed by atoms with E-state index in [1.807, 2.05) is 0 Å². The zero-order valence-electron chi connectivity index (χ0n) is 22.6. The number of fused-ring (bicyclic) bond motifs is 2. The third-order valence-electron chi connectivity index (χ3n) is 8.49. The average Bonchev–Trinajstić information content (AvgIpc) is 2.93. The molecular formula is C37H36. The maximum Gasteiger partial charge on any atom is 0.0159 e. The third kappa shape index (κ3) is 4.09. The first-order valence-electron chi connectivity index (χ1n) is 13.8. The van der Waals surface area contributed by atoms with Crippen molar-refractivity contribution in [3.63, 3.8) is 0 Å². The molecule has 0 atom stereocenters. The molecule has 0 N–H and O–H groups in total. The van der Waals surface area contributed by atoms with Crippen LogP contribution in [0.1, 0.15) is 62.3 Å². The van der Waals surface area contributed by atoms with Crippen molar-refractivity contribution in [2.24, 2.45) is 0 Å². The molecule has 0 radical (unpaired) electrons. The Morgan fingerprint density at radius 2 is 1.22 bits per heavy atom. The number of hydrogen-bond acceptors (Lipinski definition) is 0. The summed E-state index contributed by atoms with van der Waals surface area (Å²) in [4.78, 5) is 0. The van der Waals surface area contributed by atoms with E-state index in [0.29, 0.717) is 0 Å². The van der Waals surface area contributed by atoms with Crippen molar-refractivity contribution < 1.29 is 0 Å². The van der Waals surface area contributed by atoms with Gasteiger partial charge >= 0.3 is 0 Å². The minimum Gasteiger partial charge on any atom is -0.0654 e. The summed E-state index contributed by atoms with van der Waals surface area (Å²) in [6.45, 7) is 9.24. The number of aryl methyl sites for hydroxylation is 2. The van der Waals surface area contributed by atoms with Gasteiger partial charge in [-0.15, -0.1) is 0 Å². The number of rotatable bonds is 6. The van der Waals surface area contributed by atoms with Crippen LogP contribution in [0.2, 0.25) is 0 Å². The van der Waals surface area contributed by atoms with E-state index in [0.717, 1.165) is 0 Å². The summed E-state index contributed by atoms with van der Waals surface area (Å²) in [5.74, 6) is 0. The van der Waals surface area contributed by atoms with Crippen molar-refractivity contribution in [2.45, 2.75) is 58.8 Å². The molecule has 0 heteroatoms. The molecule has 0 heterocycles. The van der Waals surface area contributed by atoms with Gasteiger partial charge in [-0.3, -0.25) is 0 Å². The van der Waals surface area contributed by atoms with Gasteiger partial charge in [-0.05, 0) is 92.2 Å². The SMILES string of the molecule is CCCCCc1ccc(-c2ccc(-c3ccc4c(c3)C(C)(C)c3cccc5c(C)ccc-4c35)cc2)cc1. The lowest BCUT2D eigenvalue weighted by atomic mass is 9.67. The van der Waals surface area contributed by atoms with E-state index in [1.165, 1.54) is 92.1 Å². The average molecular weight is 481 g/mol. The summed E-state index contributed by atoms with van der Waals surface area (Å²) in [5.41, 5.74) is 13.4. The summed E-state index contributed by atoms with van der Waals surface area (Å²) < 4.78 is 0. The smallest absolute Gasteiger partial charge is 0.0159 e. The molecule has 6 rings (SSSR count). The van der Waals surface area contributed by atoms with Gasteiger partial charge < -0.3 is 0 Å². The largest absolute Gasteiger partial charge is 0.0654 e. The quantitative estimate of drug-likeness (QED) is 0.212. The van der Waals surface area contributed by atoms with Crippen LogP contribution < -0.4 is 0 Å².